The van der Waals surface area contributed by atoms with Gasteiger partial charge in [-0.05, 0) is 31.5 Å². The summed E-state index contributed by atoms with van der Waals surface area (Å²) in [6.45, 7) is 10.9. The lowest BCUT2D eigenvalue weighted by atomic mass is 10.2. The number of hydrogen-bond donors (Lipinski definition) is 1. The first-order valence-corrected chi connectivity index (χ1v) is 6.14. The van der Waals surface area contributed by atoms with Crippen LogP contribution in [0, 0.1) is 0 Å². The van der Waals surface area contributed by atoms with Crippen LogP contribution in [0.15, 0.2) is 30.5 Å². The molecule has 0 aliphatic rings. The summed E-state index contributed by atoms with van der Waals surface area (Å²) < 4.78 is 0. The molecular weight excluding hydrogens is 210 g/mol. The van der Waals surface area contributed by atoms with Gasteiger partial charge in [-0.2, -0.15) is 0 Å². The number of anilines is 1. The topological polar surface area (TPSA) is 28.2 Å². The molecule has 0 radical (unpaired) electrons. The van der Waals surface area contributed by atoms with E-state index >= 15 is 0 Å². The van der Waals surface area contributed by atoms with Crippen LogP contribution in [-0.4, -0.2) is 25.1 Å². The Bertz CT molecular complexity index is 343. The Labute approximate surface area is 105 Å². The number of hydrogen-bond acceptors (Lipinski definition) is 3. The molecule has 0 unspecified atom stereocenters. The lowest BCUT2D eigenvalue weighted by Gasteiger charge is -2.18. The minimum atomic E-state index is 0.848. The van der Waals surface area contributed by atoms with Gasteiger partial charge < -0.3 is 10.2 Å². The van der Waals surface area contributed by atoms with Gasteiger partial charge >= 0.3 is 0 Å². The standard InChI is InChI=1S/C14H23N3/c1-5-8-15-9-13-6-7-14(16-10-13)17(4)11-12(2)3/h6-7,10,15H,2,5,8-9,11H2,1,3-4H3. The molecule has 1 rings (SSSR count). The SMILES string of the molecule is C=C(C)CN(C)c1ccc(CNCCC)cn1. The summed E-state index contributed by atoms with van der Waals surface area (Å²) in [7, 11) is 2.03. The maximum atomic E-state index is 4.46. The van der Waals surface area contributed by atoms with Crippen LogP contribution < -0.4 is 10.2 Å². The second-order valence-electron chi connectivity index (χ2n) is 4.51. The Kier molecular flexibility index (Phi) is 5.70. The normalized spacial score (nSPS) is 10.3. The van der Waals surface area contributed by atoms with Crippen LogP contribution >= 0.6 is 0 Å². The lowest BCUT2D eigenvalue weighted by Crippen LogP contribution is -2.20. The van der Waals surface area contributed by atoms with Crippen LogP contribution in [-0.2, 0) is 6.54 Å². The summed E-state index contributed by atoms with van der Waals surface area (Å²) in [4.78, 5) is 6.56. The predicted molar refractivity (Wildman–Crippen MR) is 74.3 cm³/mol. The molecule has 17 heavy (non-hydrogen) atoms. The van der Waals surface area contributed by atoms with E-state index in [0.29, 0.717) is 0 Å². The van der Waals surface area contributed by atoms with Gasteiger partial charge in [0, 0.05) is 26.3 Å². The zero-order chi connectivity index (χ0) is 12.7. The maximum absolute atomic E-state index is 4.46. The number of nitrogens with zero attached hydrogens (tertiary/aromatic N) is 2. The van der Waals surface area contributed by atoms with E-state index in [9.17, 15) is 0 Å². The highest BCUT2D eigenvalue weighted by molar-refractivity contribution is 5.39. The van der Waals surface area contributed by atoms with Gasteiger partial charge in [0.05, 0.1) is 0 Å². The highest BCUT2D eigenvalue weighted by atomic mass is 15.2. The third-order valence-corrected chi connectivity index (χ3v) is 2.46. The lowest BCUT2D eigenvalue weighted by molar-refractivity contribution is 0.674. The average molecular weight is 233 g/mol. The molecule has 0 bridgehead atoms. The van der Waals surface area contributed by atoms with E-state index in [-0.39, 0.29) is 0 Å². The third-order valence-electron chi connectivity index (χ3n) is 2.46. The van der Waals surface area contributed by atoms with Crippen LogP contribution in [0.4, 0.5) is 5.82 Å². The molecule has 0 aromatic carbocycles. The average Bonchev–Trinajstić information content (AvgIpc) is 2.29. The molecule has 0 aliphatic heterocycles. The molecule has 0 amide bonds. The van der Waals surface area contributed by atoms with Crippen LogP contribution in [0.5, 0.6) is 0 Å². The molecule has 0 saturated heterocycles. The smallest absolute Gasteiger partial charge is 0.128 e. The van der Waals surface area contributed by atoms with E-state index in [2.05, 4.69) is 40.8 Å². The van der Waals surface area contributed by atoms with Crippen LogP contribution in [0.3, 0.4) is 0 Å². The number of aromatic nitrogens is 1. The monoisotopic (exact) mass is 233 g/mol. The molecule has 1 aromatic heterocycles. The van der Waals surface area contributed by atoms with E-state index in [1.165, 1.54) is 5.56 Å². The molecule has 3 heteroatoms. The maximum Gasteiger partial charge on any atom is 0.128 e. The van der Waals surface area contributed by atoms with Crippen molar-refractivity contribution >= 4 is 5.82 Å². The molecule has 0 aliphatic carbocycles. The molecular formula is C14H23N3. The first-order chi connectivity index (χ1) is 8.13. The molecule has 0 spiro atoms. The second kappa shape index (κ2) is 7.07. The van der Waals surface area contributed by atoms with Gasteiger partial charge in [0.1, 0.15) is 5.82 Å². The van der Waals surface area contributed by atoms with Gasteiger partial charge in [-0.3, -0.25) is 0 Å². The van der Waals surface area contributed by atoms with Crippen molar-refractivity contribution in [2.75, 3.05) is 25.0 Å². The molecule has 1 aromatic rings. The quantitative estimate of drug-likeness (QED) is 0.579. The zero-order valence-corrected chi connectivity index (χ0v) is 11.2. The number of likely N-dealkylation sites (N-methyl/N-ethyl adjacent to an activating group) is 1. The highest BCUT2D eigenvalue weighted by Crippen LogP contribution is 2.10. The summed E-state index contributed by atoms with van der Waals surface area (Å²) in [5.74, 6) is 0.993. The van der Waals surface area contributed by atoms with E-state index in [0.717, 1.165) is 37.4 Å². The van der Waals surface area contributed by atoms with Gasteiger partial charge in [-0.15, -0.1) is 0 Å². The second-order valence-corrected chi connectivity index (χ2v) is 4.51. The van der Waals surface area contributed by atoms with Crippen LogP contribution in [0.2, 0.25) is 0 Å². The summed E-state index contributed by atoms with van der Waals surface area (Å²) in [6, 6.07) is 4.19. The minimum absolute atomic E-state index is 0.848. The van der Waals surface area contributed by atoms with Gasteiger partial charge in [0.15, 0.2) is 0 Å². The molecule has 0 fully saturated rings. The minimum Gasteiger partial charge on any atom is -0.356 e. The third kappa shape index (κ3) is 5.00. The molecule has 0 atom stereocenters. The number of rotatable bonds is 7. The van der Waals surface area contributed by atoms with Gasteiger partial charge in [-0.25, -0.2) is 4.98 Å². The highest BCUT2D eigenvalue weighted by Gasteiger charge is 2.02. The molecule has 94 valence electrons. The van der Waals surface area contributed by atoms with Crippen molar-refractivity contribution < 1.29 is 0 Å². The molecule has 1 N–H and O–H groups in total. The Hall–Kier alpha value is -1.35. The van der Waals surface area contributed by atoms with E-state index < -0.39 is 0 Å². The molecule has 3 nitrogen and oxygen atoms in total. The predicted octanol–water partition coefficient (Wildman–Crippen LogP) is 2.59. The Morgan fingerprint density at radius 3 is 2.76 bits per heavy atom. The van der Waals surface area contributed by atoms with Crippen molar-refractivity contribution in [3.63, 3.8) is 0 Å². The molecule has 0 saturated carbocycles. The van der Waals surface area contributed by atoms with Gasteiger partial charge in [0.2, 0.25) is 0 Å². The van der Waals surface area contributed by atoms with Gasteiger partial charge in [-0.1, -0.05) is 25.1 Å². The number of pyridine rings is 1. The van der Waals surface area contributed by atoms with Crippen molar-refractivity contribution in [2.24, 2.45) is 0 Å². The summed E-state index contributed by atoms with van der Waals surface area (Å²) in [5, 5.41) is 3.36. The van der Waals surface area contributed by atoms with Crippen molar-refractivity contribution in [1.82, 2.24) is 10.3 Å². The zero-order valence-electron chi connectivity index (χ0n) is 11.2. The Morgan fingerprint density at radius 1 is 1.47 bits per heavy atom. The fourth-order valence-electron chi connectivity index (χ4n) is 1.64. The Balaban J connectivity index is 2.52. The summed E-state index contributed by atoms with van der Waals surface area (Å²) >= 11 is 0. The van der Waals surface area contributed by atoms with Crippen LogP contribution in [0.1, 0.15) is 25.8 Å². The van der Waals surface area contributed by atoms with Gasteiger partial charge in [0.25, 0.3) is 0 Å². The van der Waals surface area contributed by atoms with E-state index in [1.807, 2.05) is 20.2 Å². The Morgan fingerprint density at radius 2 is 2.24 bits per heavy atom. The van der Waals surface area contributed by atoms with Crippen molar-refractivity contribution in [2.45, 2.75) is 26.8 Å². The summed E-state index contributed by atoms with van der Waals surface area (Å²) in [5.41, 5.74) is 2.37. The largest absolute Gasteiger partial charge is 0.356 e. The van der Waals surface area contributed by atoms with Crippen molar-refractivity contribution in [1.29, 1.82) is 0 Å². The molecule has 1 heterocycles. The van der Waals surface area contributed by atoms with E-state index in [1.54, 1.807) is 0 Å². The summed E-state index contributed by atoms with van der Waals surface area (Å²) in [6.07, 6.45) is 3.10. The van der Waals surface area contributed by atoms with Crippen molar-refractivity contribution in [3.05, 3.63) is 36.0 Å². The van der Waals surface area contributed by atoms with Crippen molar-refractivity contribution in [3.8, 4) is 0 Å². The fourth-order valence-corrected chi connectivity index (χ4v) is 1.64. The van der Waals surface area contributed by atoms with Crippen LogP contribution in [0.25, 0.3) is 0 Å². The fraction of sp³-hybridized carbons (Fsp3) is 0.500. The first-order valence-electron chi connectivity index (χ1n) is 6.14. The number of nitrogens with one attached hydrogen (secondary N) is 1. The van der Waals surface area contributed by atoms with E-state index in [4.69, 9.17) is 0 Å². The first kappa shape index (κ1) is 13.7.